The Morgan fingerprint density at radius 2 is 1.74 bits per heavy atom. The van der Waals surface area contributed by atoms with Gasteiger partial charge in [-0.1, -0.05) is 18.2 Å². The summed E-state index contributed by atoms with van der Waals surface area (Å²) in [5.74, 6) is 0.843. The first-order chi connectivity index (χ1) is 11.1. The molecule has 0 amide bonds. The Kier molecular flexibility index (Phi) is 4.08. The molecule has 0 bridgehead atoms. The molecule has 1 N–H and O–H groups in total. The summed E-state index contributed by atoms with van der Waals surface area (Å²) in [6.07, 6.45) is 1.76. The fourth-order valence-corrected chi connectivity index (χ4v) is 3.16. The number of nitrogens with one attached hydrogen (secondary N) is 1. The number of hydrogen-bond acceptors (Lipinski definition) is 4. The van der Waals surface area contributed by atoms with Crippen LogP contribution in [0.25, 0.3) is 11.3 Å². The molecule has 0 saturated heterocycles. The molecule has 1 aromatic heterocycles. The predicted molar refractivity (Wildman–Crippen MR) is 87.0 cm³/mol. The van der Waals surface area contributed by atoms with Gasteiger partial charge in [0.15, 0.2) is 0 Å². The molecule has 0 unspecified atom stereocenters. The molecule has 3 aromatic rings. The van der Waals surface area contributed by atoms with Crippen molar-refractivity contribution < 1.29 is 17.3 Å². The van der Waals surface area contributed by atoms with Crippen LogP contribution in [0.3, 0.4) is 0 Å². The Labute approximate surface area is 134 Å². The minimum atomic E-state index is -3.92. The van der Waals surface area contributed by atoms with Crippen molar-refractivity contribution in [3.8, 4) is 22.8 Å². The third-order valence-electron chi connectivity index (χ3n) is 3.30. The Bertz CT molecular complexity index is 888. The van der Waals surface area contributed by atoms with Crippen LogP contribution in [0.1, 0.15) is 0 Å². The summed E-state index contributed by atoms with van der Waals surface area (Å²) in [4.78, 5) is 3.10. The maximum Gasteiger partial charge on any atom is 0.339 e. The third-order valence-corrected chi connectivity index (χ3v) is 4.54. The maximum atomic E-state index is 12.4. The zero-order valence-electron chi connectivity index (χ0n) is 12.4. The van der Waals surface area contributed by atoms with Gasteiger partial charge >= 0.3 is 10.1 Å². The van der Waals surface area contributed by atoms with E-state index in [0.717, 1.165) is 5.69 Å². The van der Waals surface area contributed by atoms with Crippen molar-refractivity contribution in [1.29, 1.82) is 0 Å². The monoisotopic (exact) mass is 329 g/mol. The summed E-state index contributed by atoms with van der Waals surface area (Å²) in [5.41, 5.74) is 1.41. The number of rotatable bonds is 5. The van der Waals surface area contributed by atoms with E-state index in [0.29, 0.717) is 11.3 Å². The standard InChI is InChI=1S/C17H15NO4S/c1-21-17-10-9-14(12-15(17)16-8-5-11-18-16)23(19,20)22-13-6-3-2-4-7-13/h2-12,18H,1H3. The zero-order valence-corrected chi connectivity index (χ0v) is 13.2. The second kappa shape index (κ2) is 6.18. The van der Waals surface area contributed by atoms with E-state index in [1.807, 2.05) is 12.1 Å². The molecule has 6 heteroatoms. The van der Waals surface area contributed by atoms with Crippen molar-refractivity contribution in [1.82, 2.24) is 4.98 Å². The van der Waals surface area contributed by atoms with Crippen LogP contribution in [0.4, 0.5) is 0 Å². The van der Waals surface area contributed by atoms with Crippen LogP contribution in [0, 0.1) is 0 Å². The van der Waals surface area contributed by atoms with Crippen molar-refractivity contribution in [2.45, 2.75) is 4.90 Å². The predicted octanol–water partition coefficient (Wildman–Crippen LogP) is 3.46. The summed E-state index contributed by atoms with van der Waals surface area (Å²) < 4.78 is 35.4. The molecule has 0 aliphatic carbocycles. The summed E-state index contributed by atoms with van der Waals surface area (Å²) in [5, 5.41) is 0. The highest BCUT2D eigenvalue weighted by molar-refractivity contribution is 7.87. The number of H-pyrrole nitrogens is 1. The molecule has 0 radical (unpaired) electrons. The van der Waals surface area contributed by atoms with E-state index in [4.69, 9.17) is 8.92 Å². The first kappa shape index (κ1) is 15.2. The highest BCUT2D eigenvalue weighted by atomic mass is 32.2. The van der Waals surface area contributed by atoms with Gasteiger partial charge in [-0.2, -0.15) is 8.42 Å². The van der Waals surface area contributed by atoms with E-state index in [2.05, 4.69) is 4.98 Å². The van der Waals surface area contributed by atoms with Crippen LogP contribution in [0.15, 0.2) is 71.8 Å². The molecule has 5 nitrogen and oxygen atoms in total. The highest BCUT2D eigenvalue weighted by Crippen LogP contribution is 2.32. The van der Waals surface area contributed by atoms with E-state index in [9.17, 15) is 8.42 Å². The minimum absolute atomic E-state index is 0.0618. The van der Waals surface area contributed by atoms with Crippen LogP contribution in [-0.2, 0) is 10.1 Å². The molecular weight excluding hydrogens is 314 g/mol. The summed E-state index contributed by atoms with van der Waals surface area (Å²) in [6.45, 7) is 0. The Morgan fingerprint density at radius 3 is 2.39 bits per heavy atom. The third kappa shape index (κ3) is 3.22. The normalized spacial score (nSPS) is 11.2. The quantitative estimate of drug-likeness (QED) is 0.728. The molecule has 0 atom stereocenters. The molecule has 0 fully saturated rings. The molecule has 0 aliphatic rings. The molecule has 0 spiro atoms. The second-order valence-electron chi connectivity index (χ2n) is 4.80. The molecule has 0 aliphatic heterocycles. The van der Waals surface area contributed by atoms with E-state index in [1.54, 1.807) is 42.6 Å². The fourth-order valence-electron chi connectivity index (χ4n) is 2.20. The molecule has 23 heavy (non-hydrogen) atoms. The van der Waals surface area contributed by atoms with Crippen molar-refractivity contribution in [2.24, 2.45) is 0 Å². The molecule has 3 rings (SSSR count). The number of methoxy groups -OCH3 is 1. The van der Waals surface area contributed by atoms with Gasteiger partial charge in [-0.15, -0.1) is 0 Å². The van der Waals surface area contributed by atoms with Gasteiger partial charge in [-0.05, 0) is 42.5 Å². The van der Waals surface area contributed by atoms with Crippen molar-refractivity contribution in [2.75, 3.05) is 7.11 Å². The van der Waals surface area contributed by atoms with Crippen molar-refractivity contribution in [3.05, 3.63) is 66.9 Å². The maximum absolute atomic E-state index is 12.4. The number of ether oxygens (including phenoxy) is 1. The largest absolute Gasteiger partial charge is 0.496 e. The van der Waals surface area contributed by atoms with Crippen molar-refractivity contribution >= 4 is 10.1 Å². The van der Waals surface area contributed by atoms with Gasteiger partial charge in [0.25, 0.3) is 0 Å². The van der Waals surface area contributed by atoms with Gasteiger partial charge in [-0.3, -0.25) is 0 Å². The summed E-state index contributed by atoms with van der Waals surface area (Å²) >= 11 is 0. The van der Waals surface area contributed by atoms with E-state index in [1.165, 1.54) is 19.2 Å². The fraction of sp³-hybridized carbons (Fsp3) is 0.0588. The number of benzene rings is 2. The lowest BCUT2D eigenvalue weighted by atomic mass is 10.1. The number of hydrogen-bond donors (Lipinski definition) is 1. The van der Waals surface area contributed by atoms with Crippen LogP contribution >= 0.6 is 0 Å². The average molecular weight is 329 g/mol. The summed E-state index contributed by atoms with van der Waals surface area (Å²) in [6, 6.07) is 16.7. The van der Waals surface area contributed by atoms with E-state index < -0.39 is 10.1 Å². The number of aromatic amines is 1. The van der Waals surface area contributed by atoms with Gasteiger partial charge in [-0.25, -0.2) is 0 Å². The molecule has 2 aromatic carbocycles. The van der Waals surface area contributed by atoms with Gasteiger partial charge < -0.3 is 13.9 Å². The molecule has 1 heterocycles. The van der Waals surface area contributed by atoms with Gasteiger partial charge in [0, 0.05) is 17.5 Å². The van der Waals surface area contributed by atoms with Gasteiger partial charge in [0.1, 0.15) is 16.4 Å². The smallest absolute Gasteiger partial charge is 0.339 e. The molecule has 118 valence electrons. The molecule has 0 saturated carbocycles. The average Bonchev–Trinajstić information content (AvgIpc) is 3.09. The summed E-state index contributed by atoms with van der Waals surface area (Å²) in [7, 11) is -2.38. The Morgan fingerprint density at radius 1 is 0.957 bits per heavy atom. The topological polar surface area (TPSA) is 68.4 Å². The van der Waals surface area contributed by atoms with Crippen LogP contribution < -0.4 is 8.92 Å². The van der Waals surface area contributed by atoms with Crippen LogP contribution in [0.5, 0.6) is 11.5 Å². The second-order valence-corrected chi connectivity index (χ2v) is 6.34. The highest BCUT2D eigenvalue weighted by Gasteiger charge is 2.19. The van der Waals surface area contributed by atoms with Crippen LogP contribution in [-0.4, -0.2) is 20.5 Å². The molecular formula is C17H15NO4S. The minimum Gasteiger partial charge on any atom is -0.496 e. The Balaban J connectivity index is 2.01. The van der Waals surface area contributed by atoms with Crippen LogP contribution in [0.2, 0.25) is 0 Å². The SMILES string of the molecule is COc1ccc(S(=O)(=O)Oc2ccccc2)cc1-c1ccc[nH]1. The lowest BCUT2D eigenvalue weighted by Crippen LogP contribution is -2.10. The van der Waals surface area contributed by atoms with E-state index >= 15 is 0 Å². The van der Waals surface area contributed by atoms with E-state index in [-0.39, 0.29) is 10.6 Å². The lowest BCUT2D eigenvalue weighted by Gasteiger charge is -2.11. The van der Waals surface area contributed by atoms with Gasteiger partial charge in [0.2, 0.25) is 0 Å². The Hall–Kier alpha value is -2.73. The lowest BCUT2D eigenvalue weighted by molar-refractivity contribution is 0.416. The number of aromatic nitrogens is 1. The number of para-hydroxylation sites is 1. The van der Waals surface area contributed by atoms with Crippen molar-refractivity contribution in [3.63, 3.8) is 0 Å². The first-order valence-corrected chi connectivity index (χ1v) is 8.32. The van der Waals surface area contributed by atoms with Gasteiger partial charge in [0.05, 0.1) is 7.11 Å². The zero-order chi connectivity index (χ0) is 16.3. The first-order valence-electron chi connectivity index (χ1n) is 6.91.